The molecule has 6 N–H and O–H groups in total. The third kappa shape index (κ3) is 7.92. The Hall–Kier alpha value is -5.42. The van der Waals surface area contributed by atoms with Crippen LogP contribution in [0, 0.1) is 30.5 Å². The Morgan fingerprint density at radius 3 is 1.72 bits per heavy atom. The number of fused-ring (bicyclic) bond motifs is 2. The van der Waals surface area contributed by atoms with Crippen LogP contribution in [-0.4, -0.2) is 92.6 Å². The Kier molecular flexibility index (Phi) is 10.8. The molecule has 6 fully saturated rings. The number of amides is 1. The molecule has 14 nitrogen and oxygen atoms in total. The first kappa shape index (κ1) is 45.2. The molecule has 4 saturated carbocycles. The number of halogens is 3. The highest BCUT2D eigenvalue weighted by Gasteiger charge is 2.61. The maximum absolute atomic E-state index is 13.9. The normalized spacial score (nSPS) is 27.7. The van der Waals surface area contributed by atoms with Crippen molar-refractivity contribution in [3.63, 3.8) is 0 Å². The maximum Gasteiger partial charge on any atom is 0.408 e. The number of carbonyl (C=O) groups is 3. The zero-order chi connectivity index (χ0) is 46.6. The van der Waals surface area contributed by atoms with Gasteiger partial charge in [0.05, 0.1) is 28.7 Å². The van der Waals surface area contributed by atoms with Gasteiger partial charge in [0, 0.05) is 89.8 Å². The first-order valence-corrected chi connectivity index (χ1v) is 21.9. The van der Waals surface area contributed by atoms with E-state index in [0.29, 0.717) is 17.3 Å². The second-order valence-electron chi connectivity index (χ2n) is 20.4. The number of alkyl carbamates (subject to hydrolysis) is 1. The minimum Gasteiger partial charge on any atom is -0.477 e. The number of hydrogen-bond acceptors (Lipinski definition) is 9. The predicted molar refractivity (Wildman–Crippen MR) is 236 cm³/mol. The average Bonchev–Trinajstić information content (AvgIpc) is 4.03. The fourth-order valence-corrected chi connectivity index (χ4v) is 10.00. The number of nitrogens with zero attached hydrogens (tertiary/aromatic N) is 3. The van der Waals surface area contributed by atoms with Gasteiger partial charge < -0.3 is 45.4 Å². The Morgan fingerprint density at radius 2 is 1.28 bits per heavy atom. The first-order chi connectivity index (χ1) is 29.8. The van der Waals surface area contributed by atoms with Crippen LogP contribution in [0.3, 0.4) is 0 Å². The molecule has 10 rings (SSSR count). The van der Waals surface area contributed by atoms with Crippen molar-refractivity contribution < 1.29 is 42.5 Å². The second kappa shape index (κ2) is 15.4. The summed E-state index contributed by atoms with van der Waals surface area (Å²) in [4.78, 5) is 61.5. The van der Waals surface area contributed by atoms with Crippen LogP contribution in [0.4, 0.5) is 23.7 Å². The fraction of sp³-hybridized carbons (Fsp3) is 0.553. The van der Waals surface area contributed by atoms with Gasteiger partial charge in [-0.25, -0.2) is 27.6 Å². The quantitative estimate of drug-likeness (QED) is 0.138. The van der Waals surface area contributed by atoms with Crippen LogP contribution in [0.25, 0.3) is 21.8 Å². The first-order valence-electron chi connectivity index (χ1n) is 21.9. The van der Waals surface area contributed by atoms with Crippen LogP contribution in [-0.2, 0) is 4.74 Å². The molecule has 2 spiro atoms. The number of alkyl halides is 2. The lowest BCUT2D eigenvalue weighted by Gasteiger charge is -2.33. The van der Waals surface area contributed by atoms with Crippen molar-refractivity contribution in [2.75, 3.05) is 31.1 Å². The van der Waals surface area contributed by atoms with Gasteiger partial charge in [0.15, 0.2) is 0 Å². The number of aryl methyl sites for hydroxylation is 2. The molecular formula is C47H57F3N6O8. The molecule has 1 amide bonds. The van der Waals surface area contributed by atoms with Gasteiger partial charge in [0.2, 0.25) is 10.9 Å². The van der Waals surface area contributed by atoms with Crippen molar-refractivity contribution in [3.05, 3.63) is 85.2 Å². The lowest BCUT2D eigenvalue weighted by Crippen LogP contribution is -2.54. The minimum absolute atomic E-state index is 0.0999. The number of anilines is 1. The topological polar surface area (TPSA) is 198 Å². The largest absolute Gasteiger partial charge is 0.477 e. The van der Waals surface area contributed by atoms with Gasteiger partial charge in [-0.15, -0.1) is 0 Å². The third-order valence-corrected chi connectivity index (χ3v) is 14.5. The number of carbonyl (C=O) groups excluding carboxylic acids is 1. The van der Waals surface area contributed by atoms with E-state index >= 15 is 0 Å². The molecule has 2 aliphatic heterocycles. The molecule has 17 heteroatoms. The SMILES string of the molecule is CC(C)(C)OC(=O)N[C@]1(C)CNCC12CC2.Cc1c(F)ccc2c(=O)c(C(=O)O)cn([C@@H]3C[C@@H]3F)c12.Cc1c(N2CC3(CC3)[C@](C)(N)C2)ccc2c(=O)c(C(=O)O)cn([C@@H]3C[C@@H]3F)c12. The highest BCUT2D eigenvalue weighted by atomic mass is 19.1. The van der Waals surface area contributed by atoms with Crippen LogP contribution >= 0.6 is 0 Å². The van der Waals surface area contributed by atoms with Crippen molar-refractivity contribution >= 4 is 45.5 Å². The molecule has 4 aliphatic carbocycles. The number of carboxylic acid groups (broad SMARTS) is 2. The van der Waals surface area contributed by atoms with Gasteiger partial charge >= 0.3 is 18.0 Å². The van der Waals surface area contributed by atoms with Crippen LogP contribution in [0.15, 0.2) is 46.2 Å². The summed E-state index contributed by atoms with van der Waals surface area (Å²) in [5.41, 5.74) is 7.22. The zero-order valence-electron chi connectivity index (χ0n) is 37.2. The molecule has 6 aliphatic rings. The standard InChI is InChI=1S/C21H24FN3O3.C14H11F2NO3.C12H22N2O2/c1-11-15(24-9-20(2,23)21(10-24)5-6-21)4-3-12-17(11)25(16-7-14(16)22)8-13(18(12)26)19(27)28;1-6-9(15)3-2-7-12(6)17(11-4-10(11)16)5-8(13(7)18)14(19)20;1-10(2,3)16-9(15)14-11(4)7-13-8-12(11)5-6-12/h3-4,8,14,16H,5-7,9-10,23H2,1-2H3,(H,27,28);2-3,5,10-11H,4H2,1H3,(H,19,20);13H,5-8H2,1-4H3,(H,14,15)/t14-,16+,20+;10-,11+;11-/m001/s1. The Bertz CT molecular complexity index is 2730. The number of aromatic nitrogens is 2. The summed E-state index contributed by atoms with van der Waals surface area (Å²) in [6, 6.07) is 4.99. The molecule has 2 aromatic heterocycles. The molecule has 2 saturated heterocycles. The summed E-state index contributed by atoms with van der Waals surface area (Å²) in [5.74, 6) is -3.17. The lowest BCUT2D eigenvalue weighted by atomic mass is 9.86. The average molecular weight is 891 g/mol. The van der Waals surface area contributed by atoms with Crippen molar-refractivity contribution in [2.24, 2.45) is 16.6 Å². The number of rotatable bonds is 6. The van der Waals surface area contributed by atoms with Crippen LogP contribution in [0.5, 0.6) is 0 Å². The highest BCUT2D eigenvalue weighted by molar-refractivity contribution is 5.95. The van der Waals surface area contributed by atoms with Gasteiger partial charge in [0.1, 0.15) is 34.9 Å². The summed E-state index contributed by atoms with van der Waals surface area (Å²) in [7, 11) is 0. The van der Waals surface area contributed by atoms with Crippen molar-refractivity contribution in [2.45, 2.75) is 128 Å². The molecule has 6 atom stereocenters. The second-order valence-corrected chi connectivity index (χ2v) is 20.4. The molecule has 64 heavy (non-hydrogen) atoms. The van der Waals surface area contributed by atoms with E-state index in [4.69, 9.17) is 15.6 Å². The van der Waals surface area contributed by atoms with Crippen molar-refractivity contribution in [3.8, 4) is 0 Å². The number of hydrogen-bond donors (Lipinski definition) is 5. The maximum atomic E-state index is 13.9. The van der Waals surface area contributed by atoms with Gasteiger partial charge in [-0.05, 0) is 104 Å². The Balaban J connectivity index is 0.000000138. The van der Waals surface area contributed by atoms with Gasteiger partial charge in [0.25, 0.3) is 0 Å². The van der Waals surface area contributed by atoms with E-state index in [2.05, 4.69) is 29.4 Å². The summed E-state index contributed by atoms with van der Waals surface area (Å²) in [6.07, 6.45) is 5.26. The number of nitrogens with one attached hydrogen (secondary N) is 2. The molecule has 344 valence electrons. The van der Waals surface area contributed by atoms with Crippen molar-refractivity contribution in [1.29, 1.82) is 0 Å². The summed E-state index contributed by atoms with van der Waals surface area (Å²) < 4.78 is 49.2. The number of nitrogens with two attached hydrogens (primary N) is 1. The van der Waals surface area contributed by atoms with Gasteiger partial charge in [-0.1, -0.05) is 0 Å². The van der Waals surface area contributed by atoms with E-state index in [0.717, 1.165) is 62.5 Å². The molecule has 0 radical (unpaired) electrons. The molecule has 0 unspecified atom stereocenters. The fourth-order valence-electron chi connectivity index (χ4n) is 10.00. The highest BCUT2D eigenvalue weighted by Crippen LogP contribution is 2.58. The van der Waals surface area contributed by atoms with Crippen LogP contribution < -0.4 is 32.1 Å². The van der Waals surface area contributed by atoms with E-state index < -0.39 is 64.2 Å². The number of aromatic carboxylic acids is 2. The van der Waals surface area contributed by atoms with E-state index in [-0.39, 0.29) is 56.5 Å². The lowest BCUT2D eigenvalue weighted by molar-refractivity contribution is 0.0438. The molecule has 0 bridgehead atoms. The predicted octanol–water partition coefficient (Wildman–Crippen LogP) is 6.69. The smallest absolute Gasteiger partial charge is 0.408 e. The molecule has 4 aromatic rings. The molecular weight excluding hydrogens is 834 g/mol. The van der Waals surface area contributed by atoms with E-state index in [1.165, 1.54) is 36.6 Å². The van der Waals surface area contributed by atoms with Crippen molar-refractivity contribution in [1.82, 2.24) is 19.8 Å². The van der Waals surface area contributed by atoms with E-state index in [1.807, 2.05) is 33.8 Å². The molecule has 4 heterocycles. The van der Waals surface area contributed by atoms with Crippen LogP contribution in [0.1, 0.15) is 117 Å². The third-order valence-electron chi connectivity index (χ3n) is 14.5. The summed E-state index contributed by atoms with van der Waals surface area (Å²) in [6.45, 7) is 16.7. The summed E-state index contributed by atoms with van der Waals surface area (Å²) >= 11 is 0. The zero-order valence-corrected chi connectivity index (χ0v) is 37.2. The van der Waals surface area contributed by atoms with E-state index in [1.54, 1.807) is 10.6 Å². The Morgan fingerprint density at radius 1 is 0.797 bits per heavy atom. The monoisotopic (exact) mass is 890 g/mol. The molecule has 2 aromatic carbocycles. The number of pyridine rings is 2. The minimum atomic E-state index is -1.37. The number of benzene rings is 2. The van der Waals surface area contributed by atoms with Gasteiger partial charge in [-0.3, -0.25) is 9.59 Å². The van der Waals surface area contributed by atoms with E-state index in [9.17, 15) is 42.3 Å². The Labute approximate surface area is 367 Å². The van der Waals surface area contributed by atoms with Gasteiger partial charge in [-0.2, -0.15) is 0 Å². The summed E-state index contributed by atoms with van der Waals surface area (Å²) in [5, 5.41) is 25.3. The van der Waals surface area contributed by atoms with Crippen LogP contribution in [0.2, 0.25) is 0 Å². The number of carboxylic acids is 2. The number of ether oxygens (including phenoxy) is 1.